The Hall–Kier alpha value is -5.02. The fourth-order valence-electron chi connectivity index (χ4n) is 10.4. The SMILES string of the molecule is CCC(=O)O[C@H]1C[C@H]2OC[C@@]2(OC(C)=O)C2[C@H](OC(=O)c3ccccc3)[C@]3(O)C[C@H](OC(=O)[C@H](C)[C@@H](NC(=O)OC(C)(C)C)c4ccco4)C(C)=C([C@@H](C)C(=O)[C@@]21C)C3(C)C. The molecule has 2 aromatic rings. The summed E-state index contributed by atoms with van der Waals surface area (Å²) in [5.41, 5.74) is -6.69. The van der Waals surface area contributed by atoms with Gasteiger partial charge in [-0.3, -0.25) is 19.2 Å². The van der Waals surface area contributed by atoms with Crippen molar-refractivity contribution in [2.24, 2.45) is 28.6 Å². The normalized spacial score (nSPS) is 32.6. The molecule has 11 atom stereocenters. The molecule has 6 rings (SSSR count). The van der Waals surface area contributed by atoms with Crippen molar-refractivity contribution in [3.05, 3.63) is 71.2 Å². The number of fused-ring (bicyclic) bond motifs is 5. The van der Waals surface area contributed by atoms with Gasteiger partial charge in [0.25, 0.3) is 0 Å². The van der Waals surface area contributed by atoms with Gasteiger partial charge in [-0.25, -0.2) is 9.59 Å². The summed E-state index contributed by atoms with van der Waals surface area (Å²) >= 11 is 0. The number of carbonyl (C=O) groups excluding carboxylic acids is 6. The average Bonchev–Trinajstić information content (AvgIpc) is 3.72. The van der Waals surface area contributed by atoms with E-state index < -0.39 is 112 Å². The predicted octanol–water partition coefficient (Wildman–Crippen LogP) is 6.36. The molecule has 15 nitrogen and oxygen atoms in total. The van der Waals surface area contributed by atoms with Crippen LogP contribution in [0.3, 0.4) is 0 Å². The van der Waals surface area contributed by atoms with Crippen molar-refractivity contribution < 1.29 is 66.7 Å². The van der Waals surface area contributed by atoms with E-state index in [4.69, 9.17) is 32.8 Å². The number of aliphatic hydroxyl groups is 1. The number of hydrogen-bond donors (Lipinski definition) is 2. The van der Waals surface area contributed by atoms with Crippen LogP contribution >= 0.6 is 0 Å². The summed E-state index contributed by atoms with van der Waals surface area (Å²) in [6, 6.07) is 10.3. The van der Waals surface area contributed by atoms with Gasteiger partial charge in [0.05, 0.1) is 35.7 Å². The molecule has 61 heavy (non-hydrogen) atoms. The molecule has 2 bridgehead atoms. The summed E-state index contributed by atoms with van der Waals surface area (Å²) in [5, 5.41) is 16.5. The van der Waals surface area contributed by atoms with Gasteiger partial charge in [-0.2, -0.15) is 0 Å². The highest BCUT2D eigenvalue weighted by Crippen LogP contribution is 2.65. The molecular formula is C46H59NO14. The van der Waals surface area contributed by atoms with E-state index in [1.807, 2.05) is 0 Å². The van der Waals surface area contributed by atoms with E-state index in [2.05, 4.69) is 5.32 Å². The second-order valence-corrected chi connectivity index (χ2v) is 18.7. The van der Waals surface area contributed by atoms with Gasteiger partial charge in [-0.1, -0.05) is 45.9 Å². The Balaban J connectivity index is 1.52. The molecule has 0 spiro atoms. The Labute approximate surface area is 356 Å². The Bertz CT molecular complexity index is 2070. The third-order valence-corrected chi connectivity index (χ3v) is 13.4. The number of alkyl carbamates (subject to hydrolysis) is 1. The third-order valence-electron chi connectivity index (χ3n) is 13.4. The van der Waals surface area contributed by atoms with Crippen molar-refractivity contribution in [3.8, 4) is 0 Å². The highest BCUT2D eigenvalue weighted by Gasteiger charge is 2.78. The minimum Gasteiger partial charge on any atom is -0.467 e. The molecule has 1 aromatic heterocycles. The molecule has 15 heteroatoms. The molecule has 1 aliphatic heterocycles. The first-order valence-electron chi connectivity index (χ1n) is 20.9. The molecule has 3 fully saturated rings. The number of amides is 1. The molecule has 1 aromatic carbocycles. The summed E-state index contributed by atoms with van der Waals surface area (Å²) in [6.07, 6.45) is -4.69. The summed E-state index contributed by atoms with van der Waals surface area (Å²) in [5.74, 6) is -6.51. The average molecular weight is 850 g/mol. The van der Waals surface area contributed by atoms with Crippen molar-refractivity contribution in [2.45, 2.75) is 143 Å². The number of ether oxygens (including phenoxy) is 6. The molecule has 4 aliphatic rings. The van der Waals surface area contributed by atoms with E-state index in [-0.39, 0.29) is 37.2 Å². The van der Waals surface area contributed by atoms with Crippen molar-refractivity contribution in [3.63, 3.8) is 0 Å². The first-order chi connectivity index (χ1) is 28.4. The lowest BCUT2D eigenvalue weighted by Gasteiger charge is -2.67. The molecule has 1 unspecified atom stereocenters. The molecule has 332 valence electrons. The Kier molecular flexibility index (Phi) is 12.2. The first-order valence-corrected chi connectivity index (χ1v) is 20.9. The lowest BCUT2D eigenvalue weighted by Crippen LogP contribution is -2.81. The monoisotopic (exact) mass is 849 g/mol. The zero-order chi connectivity index (χ0) is 45.0. The van der Waals surface area contributed by atoms with E-state index in [1.54, 1.807) is 112 Å². The predicted molar refractivity (Wildman–Crippen MR) is 216 cm³/mol. The number of nitrogens with one attached hydrogen (secondary N) is 1. The van der Waals surface area contributed by atoms with E-state index in [0.29, 0.717) is 11.1 Å². The smallest absolute Gasteiger partial charge is 0.408 e. The first kappa shape index (κ1) is 45.5. The van der Waals surface area contributed by atoms with Crippen molar-refractivity contribution in [1.82, 2.24) is 5.32 Å². The number of hydrogen-bond acceptors (Lipinski definition) is 14. The maximum Gasteiger partial charge on any atom is 0.408 e. The van der Waals surface area contributed by atoms with Crippen LogP contribution in [0.2, 0.25) is 0 Å². The van der Waals surface area contributed by atoms with Gasteiger partial charge in [0, 0.05) is 37.5 Å². The summed E-state index contributed by atoms with van der Waals surface area (Å²) < 4.78 is 42.3. The van der Waals surface area contributed by atoms with Gasteiger partial charge in [0.15, 0.2) is 5.60 Å². The second-order valence-electron chi connectivity index (χ2n) is 18.7. The van der Waals surface area contributed by atoms with Gasteiger partial charge in [0.1, 0.15) is 53.2 Å². The second kappa shape index (κ2) is 16.4. The van der Waals surface area contributed by atoms with Crippen LogP contribution in [0.5, 0.6) is 0 Å². The van der Waals surface area contributed by atoms with Crippen LogP contribution in [0.4, 0.5) is 4.79 Å². The number of ketones is 1. The minimum absolute atomic E-state index is 0.00516. The Morgan fingerprint density at radius 3 is 2.23 bits per heavy atom. The van der Waals surface area contributed by atoms with Gasteiger partial charge >= 0.3 is 30.0 Å². The fraction of sp³-hybridized carbons (Fsp3) is 0.609. The van der Waals surface area contributed by atoms with Crippen LogP contribution < -0.4 is 5.32 Å². The molecule has 2 saturated carbocycles. The third kappa shape index (κ3) is 7.88. The number of furan rings is 1. The number of rotatable bonds is 10. The standard InChI is InChI=1S/C46H59NO14/c1-12-33(49)58-31-21-32-45(23-56-32,60-27(5)48)36-38(59-40(52)28-17-14-13-15-18-28)46(54)22-30(24(2)34(43(46,9)10)25(3)37(50)44(31,36)11)57-39(51)26(4)35(29-19-16-20-55-29)47-41(53)61-42(6,7)8/h13-20,25-26,30-32,35-36,38,54H,12,21-23H2,1-11H3,(H,47,53)/t25-,26-,30+,31+,32-,35-,36?,38+,44-,45+,46-/m1/s1. The molecule has 2 N–H and O–H groups in total. The van der Waals surface area contributed by atoms with E-state index >= 15 is 4.79 Å². The fourth-order valence-corrected chi connectivity index (χ4v) is 10.4. The van der Waals surface area contributed by atoms with Crippen LogP contribution in [-0.4, -0.2) is 88.7 Å². The molecule has 3 aliphatic carbocycles. The van der Waals surface area contributed by atoms with E-state index in [1.165, 1.54) is 13.2 Å². The maximum atomic E-state index is 15.6. The van der Waals surface area contributed by atoms with Crippen molar-refractivity contribution >= 4 is 35.8 Å². The van der Waals surface area contributed by atoms with Gasteiger partial charge < -0.3 is 43.3 Å². The zero-order valence-electron chi connectivity index (χ0n) is 36.8. The largest absolute Gasteiger partial charge is 0.467 e. The van der Waals surface area contributed by atoms with Crippen LogP contribution in [0.15, 0.2) is 64.3 Å². The summed E-state index contributed by atoms with van der Waals surface area (Å²) in [4.78, 5) is 83.6. The number of benzene rings is 1. The minimum atomic E-state index is -2.17. The van der Waals surface area contributed by atoms with Crippen LogP contribution in [0.25, 0.3) is 0 Å². The Morgan fingerprint density at radius 2 is 1.67 bits per heavy atom. The Morgan fingerprint density at radius 1 is 1.00 bits per heavy atom. The van der Waals surface area contributed by atoms with Gasteiger partial charge in [-0.05, 0) is 77.0 Å². The van der Waals surface area contributed by atoms with E-state index in [0.717, 1.165) is 0 Å². The molecular weight excluding hydrogens is 790 g/mol. The molecule has 1 saturated heterocycles. The topological polar surface area (TPSA) is 203 Å². The number of Topliss-reactive ketones (excluding diaryl/α,β-unsaturated/α-hetero) is 1. The zero-order valence-corrected chi connectivity index (χ0v) is 36.8. The van der Waals surface area contributed by atoms with Crippen LogP contribution in [-0.2, 0) is 47.6 Å². The number of carbonyl (C=O) groups is 6. The lowest BCUT2D eigenvalue weighted by molar-refractivity contribution is -0.346. The lowest BCUT2D eigenvalue weighted by atomic mass is 9.43. The van der Waals surface area contributed by atoms with Crippen LogP contribution in [0, 0.1) is 28.6 Å². The molecule has 2 heterocycles. The molecule has 0 radical (unpaired) electrons. The highest BCUT2D eigenvalue weighted by atomic mass is 16.6. The summed E-state index contributed by atoms with van der Waals surface area (Å²) in [7, 11) is 0. The quantitative estimate of drug-likeness (QED) is 0.152. The summed E-state index contributed by atoms with van der Waals surface area (Å²) in [6.45, 7) is 17.8. The maximum absolute atomic E-state index is 15.6. The van der Waals surface area contributed by atoms with Crippen molar-refractivity contribution in [1.29, 1.82) is 0 Å². The van der Waals surface area contributed by atoms with Crippen LogP contribution in [0.1, 0.15) is 118 Å². The van der Waals surface area contributed by atoms with Gasteiger partial charge in [-0.15, -0.1) is 0 Å². The van der Waals surface area contributed by atoms with Crippen molar-refractivity contribution in [2.75, 3.05) is 6.61 Å². The van der Waals surface area contributed by atoms with Gasteiger partial charge in [0.2, 0.25) is 0 Å². The number of esters is 4. The molecule has 1 amide bonds. The van der Waals surface area contributed by atoms with E-state index in [9.17, 15) is 29.1 Å². The highest BCUT2D eigenvalue weighted by molar-refractivity contribution is 5.93.